The molecule has 1 aliphatic rings. The first-order valence-corrected chi connectivity index (χ1v) is 8.22. The Hall–Kier alpha value is -3.00. The van der Waals surface area contributed by atoms with Gasteiger partial charge in [0, 0.05) is 66.8 Å². The molecule has 5 rings (SSSR count). The summed E-state index contributed by atoms with van der Waals surface area (Å²) in [7, 11) is 1.75. The Morgan fingerprint density at radius 3 is 3.04 bits per heavy atom. The van der Waals surface area contributed by atoms with Gasteiger partial charge in [0.1, 0.15) is 5.65 Å². The summed E-state index contributed by atoms with van der Waals surface area (Å²) in [4.78, 5) is 20.8. The smallest absolute Gasteiger partial charge is 0.233 e. The molecule has 126 valence electrons. The van der Waals surface area contributed by atoms with Crippen LogP contribution in [0.2, 0.25) is 0 Å². The minimum absolute atomic E-state index is 0.351. The summed E-state index contributed by atoms with van der Waals surface area (Å²) in [5, 5.41) is 4.33. The highest BCUT2D eigenvalue weighted by Crippen LogP contribution is 2.29. The van der Waals surface area contributed by atoms with Gasteiger partial charge < -0.3 is 15.0 Å². The van der Waals surface area contributed by atoms with Crippen molar-refractivity contribution >= 4 is 22.8 Å². The molecule has 0 saturated heterocycles. The normalized spacial score (nSPS) is 20.0. The van der Waals surface area contributed by atoms with Crippen molar-refractivity contribution in [3.8, 4) is 11.1 Å². The van der Waals surface area contributed by atoms with Crippen molar-refractivity contribution < 1.29 is 4.74 Å². The summed E-state index contributed by atoms with van der Waals surface area (Å²) in [5.74, 6) is 1.32. The fourth-order valence-electron chi connectivity index (χ4n) is 3.23. The van der Waals surface area contributed by atoms with Gasteiger partial charge in [0.2, 0.25) is 11.7 Å². The maximum absolute atomic E-state index is 5.30. The zero-order valence-corrected chi connectivity index (χ0v) is 13.7. The molecule has 0 radical (unpaired) electrons. The lowest BCUT2D eigenvalue weighted by Gasteiger charge is -2.34. The van der Waals surface area contributed by atoms with Crippen molar-refractivity contribution in [3.05, 3.63) is 37.2 Å². The Bertz CT molecular complexity index is 1050. The number of aromatic nitrogens is 6. The van der Waals surface area contributed by atoms with Crippen LogP contribution in [0, 0.1) is 0 Å². The van der Waals surface area contributed by atoms with Crippen LogP contribution in [0.25, 0.3) is 27.9 Å². The van der Waals surface area contributed by atoms with Gasteiger partial charge in [-0.2, -0.15) is 4.98 Å². The van der Waals surface area contributed by atoms with Crippen molar-refractivity contribution in [2.24, 2.45) is 0 Å². The molecule has 4 aromatic rings. The van der Waals surface area contributed by atoms with Gasteiger partial charge in [0.25, 0.3) is 0 Å². The van der Waals surface area contributed by atoms with E-state index in [0.29, 0.717) is 23.9 Å². The molecule has 0 bridgehead atoms. The van der Waals surface area contributed by atoms with Crippen molar-refractivity contribution in [2.75, 3.05) is 12.4 Å². The number of methoxy groups -OCH3 is 1. The maximum atomic E-state index is 5.30. The van der Waals surface area contributed by atoms with E-state index in [2.05, 4.69) is 30.2 Å². The molecule has 1 fully saturated rings. The zero-order valence-electron chi connectivity index (χ0n) is 13.7. The molecule has 4 aromatic heterocycles. The van der Waals surface area contributed by atoms with Gasteiger partial charge in [-0.25, -0.2) is 15.0 Å². The number of ether oxygens (including phenoxy) is 1. The number of hydrogen-bond acceptors (Lipinski definition) is 6. The van der Waals surface area contributed by atoms with Crippen LogP contribution in [0.1, 0.15) is 12.8 Å². The average molecular weight is 335 g/mol. The zero-order chi connectivity index (χ0) is 16.8. The lowest BCUT2D eigenvalue weighted by atomic mass is 9.89. The van der Waals surface area contributed by atoms with Crippen LogP contribution in [0.15, 0.2) is 37.2 Å². The predicted molar refractivity (Wildman–Crippen MR) is 93.3 cm³/mol. The Balaban J connectivity index is 1.45. The first kappa shape index (κ1) is 14.4. The fourth-order valence-corrected chi connectivity index (χ4v) is 3.23. The third-order valence-corrected chi connectivity index (χ3v) is 4.75. The molecule has 2 N–H and O–H groups in total. The first-order chi connectivity index (χ1) is 12.3. The van der Waals surface area contributed by atoms with Crippen LogP contribution in [0.5, 0.6) is 0 Å². The largest absolute Gasteiger partial charge is 0.381 e. The van der Waals surface area contributed by atoms with Crippen molar-refractivity contribution in [1.82, 2.24) is 29.3 Å². The van der Waals surface area contributed by atoms with Crippen molar-refractivity contribution in [2.45, 2.75) is 25.0 Å². The fraction of sp³-hybridized carbons (Fsp3) is 0.294. The highest BCUT2D eigenvalue weighted by molar-refractivity contribution is 5.93. The van der Waals surface area contributed by atoms with Crippen LogP contribution >= 0.6 is 0 Å². The third-order valence-electron chi connectivity index (χ3n) is 4.75. The number of H-pyrrole nitrogens is 1. The van der Waals surface area contributed by atoms with Gasteiger partial charge in [-0.1, -0.05) is 0 Å². The van der Waals surface area contributed by atoms with E-state index in [1.165, 1.54) is 0 Å². The number of fused-ring (bicyclic) bond motifs is 2. The molecule has 0 atom stereocenters. The van der Waals surface area contributed by atoms with Gasteiger partial charge in [0.05, 0.1) is 6.10 Å². The van der Waals surface area contributed by atoms with Crippen LogP contribution in [0.3, 0.4) is 0 Å². The number of nitrogens with one attached hydrogen (secondary N) is 2. The summed E-state index contributed by atoms with van der Waals surface area (Å²) >= 11 is 0. The Morgan fingerprint density at radius 2 is 2.16 bits per heavy atom. The third kappa shape index (κ3) is 2.42. The monoisotopic (exact) mass is 335 g/mol. The number of imidazole rings is 1. The van der Waals surface area contributed by atoms with E-state index in [1.54, 1.807) is 13.3 Å². The maximum Gasteiger partial charge on any atom is 0.233 e. The molecular weight excluding hydrogens is 318 g/mol. The Labute approximate surface area is 143 Å². The van der Waals surface area contributed by atoms with Crippen molar-refractivity contribution in [1.29, 1.82) is 0 Å². The van der Waals surface area contributed by atoms with E-state index < -0.39 is 0 Å². The van der Waals surface area contributed by atoms with Gasteiger partial charge in [-0.05, 0) is 12.8 Å². The highest BCUT2D eigenvalue weighted by atomic mass is 16.5. The van der Waals surface area contributed by atoms with E-state index in [4.69, 9.17) is 4.74 Å². The molecule has 0 unspecified atom stereocenters. The minimum Gasteiger partial charge on any atom is -0.381 e. The minimum atomic E-state index is 0.351. The van der Waals surface area contributed by atoms with E-state index in [0.717, 1.165) is 35.0 Å². The van der Waals surface area contributed by atoms with E-state index in [-0.39, 0.29) is 0 Å². The standard InChI is InChI=1S/C17H17N7O/c1-25-12-4-11(5-12)22-16-20-8-14-13(7-19-15(14)23-16)10-6-21-17-18-2-3-24(17)9-10/h2-3,6-9,11-12H,4-5H2,1H3,(H2,19,20,22,23). The molecule has 4 heterocycles. The second-order valence-electron chi connectivity index (χ2n) is 6.31. The number of hydrogen-bond donors (Lipinski definition) is 2. The van der Waals surface area contributed by atoms with E-state index in [9.17, 15) is 0 Å². The second kappa shape index (κ2) is 5.52. The lowest BCUT2D eigenvalue weighted by molar-refractivity contribution is 0.0327. The van der Waals surface area contributed by atoms with Crippen LogP contribution in [0.4, 0.5) is 5.95 Å². The Morgan fingerprint density at radius 1 is 1.24 bits per heavy atom. The van der Waals surface area contributed by atoms with E-state index in [1.807, 2.05) is 35.4 Å². The SMILES string of the molecule is COC1CC(Nc2ncc3c(-c4cnc5nccn5c4)c[nH]c3n2)C1. The molecule has 0 amide bonds. The molecule has 0 spiro atoms. The summed E-state index contributed by atoms with van der Waals surface area (Å²) in [6.07, 6.45) is 13.6. The topological polar surface area (TPSA) is 93.0 Å². The van der Waals surface area contributed by atoms with Gasteiger partial charge in [0.15, 0.2) is 0 Å². The number of rotatable bonds is 4. The number of aromatic amines is 1. The van der Waals surface area contributed by atoms with Crippen LogP contribution in [-0.4, -0.2) is 48.6 Å². The molecule has 25 heavy (non-hydrogen) atoms. The molecule has 1 saturated carbocycles. The number of anilines is 1. The quantitative estimate of drug-likeness (QED) is 0.594. The molecule has 0 aliphatic heterocycles. The highest BCUT2D eigenvalue weighted by Gasteiger charge is 2.29. The Kier molecular flexibility index (Phi) is 3.17. The lowest BCUT2D eigenvalue weighted by Crippen LogP contribution is -2.40. The van der Waals surface area contributed by atoms with Gasteiger partial charge in [-0.15, -0.1) is 0 Å². The predicted octanol–water partition coefficient (Wildman–Crippen LogP) is 2.26. The van der Waals surface area contributed by atoms with Crippen LogP contribution in [-0.2, 0) is 4.74 Å². The van der Waals surface area contributed by atoms with Gasteiger partial charge in [-0.3, -0.25) is 4.40 Å². The van der Waals surface area contributed by atoms with Crippen molar-refractivity contribution in [3.63, 3.8) is 0 Å². The molecule has 1 aliphatic carbocycles. The number of nitrogens with zero attached hydrogens (tertiary/aromatic N) is 5. The first-order valence-electron chi connectivity index (χ1n) is 8.22. The molecule has 8 heteroatoms. The van der Waals surface area contributed by atoms with E-state index >= 15 is 0 Å². The van der Waals surface area contributed by atoms with Gasteiger partial charge >= 0.3 is 0 Å². The van der Waals surface area contributed by atoms with Crippen LogP contribution < -0.4 is 5.32 Å². The summed E-state index contributed by atoms with van der Waals surface area (Å²) < 4.78 is 7.20. The second-order valence-corrected chi connectivity index (χ2v) is 6.31. The summed E-state index contributed by atoms with van der Waals surface area (Å²) in [5.41, 5.74) is 2.82. The summed E-state index contributed by atoms with van der Waals surface area (Å²) in [6.45, 7) is 0. The molecular formula is C17H17N7O. The average Bonchev–Trinajstić information content (AvgIpc) is 3.23. The molecule has 8 nitrogen and oxygen atoms in total. The summed E-state index contributed by atoms with van der Waals surface area (Å²) in [6, 6.07) is 0.379. The molecule has 0 aromatic carbocycles.